The third-order valence-corrected chi connectivity index (χ3v) is 2.99. The summed E-state index contributed by atoms with van der Waals surface area (Å²) < 4.78 is 5.21. The third-order valence-electron chi connectivity index (χ3n) is 2.99. The van der Waals surface area contributed by atoms with Crippen LogP contribution >= 0.6 is 0 Å². The lowest BCUT2D eigenvalue weighted by atomic mass is 10.1. The number of benzene rings is 1. The van der Waals surface area contributed by atoms with Gasteiger partial charge in [-0.25, -0.2) is 0 Å². The molecule has 0 radical (unpaired) electrons. The zero-order chi connectivity index (χ0) is 13.4. The van der Waals surface area contributed by atoms with Crippen LogP contribution < -0.4 is 10.1 Å². The predicted molar refractivity (Wildman–Crippen MR) is 74.2 cm³/mol. The Kier molecular flexibility index (Phi) is 6.26. The highest BCUT2D eigenvalue weighted by Crippen LogP contribution is 2.18. The monoisotopic (exact) mass is 249 g/mol. The number of rotatable bonds is 7. The van der Waals surface area contributed by atoms with Crippen molar-refractivity contribution in [1.29, 1.82) is 0 Å². The predicted octanol–water partition coefficient (Wildman–Crippen LogP) is 3.31. The van der Waals surface area contributed by atoms with E-state index in [1.807, 2.05) is 19.1 Å². The van der Waals surface area contributed by atoms with Crippen LogP contribution in [0.1, 0.15) is 48.5 Å². The third kappa shape index (κ3) is 4.40. The molecule has 0 aliphatic heterocycles. The van der Waals surface area contributed by atoms with Gasteiger partial charge >= 0.3 is 0 Å². The number of unbranched alkanes of at least 4 members (excludes halogenated alkanes) is 3. The highest BCUT2D eigenvalue weighted by Gasteiger charge is 2.07. The Morgan fingerprint density at radius 3 is 2.72 bits per heavy atom. The van der Waals surface area contributed by atoms with E-state index in [0.717, 1.165) is 24.3 Å². The van der Waals surface area contributed by atoms with Crippen LogP contribution in [-0.2, 0) is 0 Å². The summed E-state index contributed by atoms with van der Waals surface area (Å²) in [6.45, 7) is 4.89. The maximum absolute atomic E-state index is 11.9. The minimum atomic E-state index is -0.0233. The van der Waals surface area contributed by atoms with Crippen molar-refractivity contribution in [1.82, 2.24) is 5.32 Å². The van der Waals surface area contributed by atoms with E-state index in [-0.39, 0.29) is 5.91 Å². The summed E-state index contributed by atoms with van der Waals surface area (Å²) in [5.41, 5.74) is 1.70. The van der Waals surface area contributed by atoms with E-state index in [2.05, 4.69) is 12.2 Å². The fourth-order valence-corrected chi connectivity index (χ4v) is 1.82. The molecule has 0 fully saturated rings. The van der Waals surface area contributed by atoms with Crippen LogP contribution in [0.2, 0.25) is 0 Å². The molecule has 100 valence electrons. The van der Waals surface area contributed by atoms with E-state index in [9.17, 15) is 4.79 Å². The topological polar surface area (TPSA) is 38.3 Å². The Bertz CT molecular complexity index is 388. The molecule has 0 unspecified atom stereocenters. The molecule has 0 saturated heterocycles. The van der Waals surface area contributed by atoms with Crippen molar-refractivity contribution in [3.8, 4) is 5.75 Å². The van der Waals surface area contributed by atoms with Gasteiger partial charge in [-0.2, -0.15) is 0 Å². The average molecular weight is 249 g/mol. The summed E-state index contributed by atoms with van der Waals surface area (Å²) in [5, 5.41) is 2.93. The fourth-order valence-electron chi connectivity index (χ4n) is 1.82. The van der Waals surface area contributed by atoms with E-state index in [0.29, 0.717) is 5.56 Å². The lowest BCUT2D eigenvalue weighted by Gasteiger charge is -2.08. The first-order valence-electron chi connectivity index (χ1n) is 6.62. The molecule has 0 bridgehead atoms. The standard InChI is InChI=1S/C15H23NO2/c1-4-5-6-7-10-16-15(17)13-9-8-12(2)14(11-13)18-3/h8-9,11H,4-7,10H2,1-3H3,(H,16,17). The molecule has 0 aliphatic rings. The maximum Gasteiger partial charge on any atom is 0.251 e. The van der Waals surface area contributed by atoms with Crippen LogP contribution in [0, 0.1) is 6.92 Å². The van der Waals surface area contributed by atoms with Gasteiger partial charge in [0.2, 0.25) is 0 Å². The maximum atomic E-state index is 11.9. The highest BCUT2D eigenvalue weighted by molar-refractivity contribution is 5.94. The van der Waals surface area contributed by atoms with E-state index in [1.54, 1.807) is 13.2 Å². The number of hydrogen-bond donors (Lipinski definition) is 1. The van der Waals surface area contributed by atoms with Crippen molar-refractivity contribution in [3.05, 3.63) is 29.3 Å². The van der Waals surface area contributed by atoms with Crippen molar-refractivity contribution in [2.45, 2.75) is 39.5 Å². The lowest BCUT2D eigenvalue weighted by molar-refractivity contribution is 0.0952. The summed E-state index contributed by atoms with van der Waals surface area (Å²) in [6, 6.07) is 5.53. The Labute approximate surface area is 110 Å². The summed E-state index contributed by atoms with van der Waals surface area (Å²) in [6.07, 6.45) is 4.66. The molecule has 0 aliphatic carbocycles. The molecule has 0 saturated carbocycles. The first kappa shape index (κ1) is 14.6. The molecular weight excluding hydrogens is 226 g/mol. The van der Waals surface area contributed by atoms with Gasteiger partial charge in [-0.05, 0) is 31.0 Å². The number of carbonyl (C=O) groups is 1. The van der Waals surface area contributed by atoms with Gasteiger partial charge in [-0.1, -0.05) is 32.3 Å². The minimum Gasteiger partial charge on any atom is -0.496 e. The molecule has 1 rings (SSSR count). The molecule has 0 atom stereocenters. The minimum absolute atomic E-state index is 0.0233. The van der Waals surface area contributed by atoms with Crippen molar-refractivity contribution < 1.29 is 9.53 Å². The Hall–Kier alpha value is -1.51. The van der Waals surface area contributed by atoms with Gasteiger partial charge in [-0.3, -0.25) is 4.79 Å². The molecule has 0 aromatic heterocycles. The van der Waals surface area contributed by atoms with Gasteiger partial charge in [0, 0.05) is 12.1 Å². The van der Waals surface area contributed by atoms with Crippen LogP contribution in [0.5, 0.6) is 5.75 Å². The van der Waals surface area contributed by atoms with Crippen LogP contribution in [0.3, 0.4) is 0 Å². The van der Waals surface area contributed by atoms with Crippen LogP contribution in [0.25, 0.3) is 0 Å². The van der Waals surface area contributed by atoms with Gasteiger partial charge in [-0.15, -0.1) is 0 Å². The number of aryl methyl sites for hydroxylation is 1. The molecular formula is C15H23NO2. The molecule has 3 heteroatoms. The summed E-state index contributed by atoms with van der Waals surface area (Å²) in [7, 11) is 1.62. The molecule has 1 aromatic carbocycles. The van der Waals surface area contributed by atoms with Gasteiger partial charge in [0.1, 0.15) is 5.75 Å². The van der Waals surface area contributed by atoms with E-state index >= 15 is 0 Å². The largest absolute Gasteiger partial charge is 0.496 e. The van der Waals surface area contributed by atoms with Gasteiger partial charge in [0.15, 0.2) is 0 Å². The summed E-state index contributed by atoms with van der Waals surface area (Å²) in [5.74, 6) is 0.735. The SMILES string of the molecule is CCCCCCNC(=O)c1ccc(C)c(OC)c1. The number of ether oxygens (including phenoxy) is 1. The summed E-state index contributed by atoms with van der Waals surface area (Å²) >= 11 is 0. The first-order chi connectivity index (χ1) is 8.69. The second-order valence-electron chi connectivity index (χ2n) is 4.50. The molecule has 1 aromatic rings. The van der Waals surface area contributed by atoms with Crippen LogP contribution in [0.15, 0.2) is 18.2 Å². The number of nitrogens with one attached hydrogen (secondary N) is 1. The molecule has 1 amide bonds. The Morgan fingerprint density at radius 1 is 1.28 bits per heavy atom. The van der Waals surface area contributed by atoms with E-state index in [1.165, 1.54) is 19.3 Å². The van der Waals surface area contributed by atoms with Gasteiger partial charge < -0.3 is 10.1 Å². The zero-order valence-corrected chi connectivity index (χ0v) is 11.6. The van der Waals surface area contributed by atoms with E-state index in [4.69, 9.17) is 4.74 Å². The van der Waals surface area contributed by atoms with Crippen molar-refractivity contribution in [2.75, 3.05) is 13.7 Å². The van der Waals surface area contributed by atoms with E-state index < -0.39 is 0 Å². The molecule has 1 N–H and O–H groups in total. The van der Waals surface area contributed by atoms with Gasteiger partial charge in [0.25, 0.3) is 5.91 Å². The summed E-state index contributed by atoms with van der Waals surface area (Å²) in [4.78, 5) is 11.9. The fraction of sp³-hybridized carbons (Fsp3) is 0.533. The van der Waals surface area contributed by atoms with Crippen molar-refractivity contribution in [2.24, 2.45) is 0 Å². The molecule has 3 nitrogen and oxygen atoms in total. The number of amides is 1. The first-order valence-corrected chi connectivity index (χ1v) is 6.62. The Morgan fingerprint density at radius 2 is 2.06 bits per heavy atom. The quantitative estimate of drug-likeness (QED) is 0.753. The smallest absolute Gasteiger partial charge is 0.251 e. The zero-order valence-electron chi connectivity index (χ0n) is 11.6. The van der Waals surface area contributed by atoms with Gasteiger partial charge in [0.05, 0.1) is 7.11 Å². The second-order valence-corrected chi connectivity index (χ2v) is 4.50. The average Bonchev–Trinajstić information content (AvgIpc) is 2.38. The van der Waals surface area contributed by atoms with Crippen molar-refractivity contribution in [3.63, 3.8) is 0 Å². The normalized spacial score (nSPS) is 10.2. The number of methoxy groups -OCH3 is 1. The molecule has 0 spiro atoms. The molecule has 0 heterocycles. The van der Waals surface area contributed by atoms with Crippen molar-refractivity contribution >= 4 is 5.91 Å². The second kappa shape index (κ2) is 7.75. The van der Waals surface area contributed by atoms with Crippen LogP contribution in [0.4, 0.5) is 0 Å². The number of hydrogen-bond acceptors (Lipinski definition) is 2. The highest BCUT2D eigenvalue weighted by atomic mass is 16.5. The molecule has 18 heavy (non-hydrogen) atoms. The lowest BCUT2D eigenvalue weighted by Crippen LogP contribution is -2.24. The number of carbonyl (C=O) groups excluding carboxylic acids is 1. The Balaban J connectivity index is 2.46. The van der Waals surface area contributed by atoms with Crippen LogP contribution in [-0.4, -0.2) is 19.6 Å².